The van der Waals surface area contributed by atoms with E-state index in [0.717, 1.165) is 18.9 Å². The fraction of sp³-hybridized carbons (Fsp3) is 0.444. The van der Waals surface area contributed by atoms with Gasteiger partial charge in [0.25, 0.3) is 5.95 Å². The molecule has 27 heavy (non-hydrogen) atoms. The van der Waals surface area contributed by atoms with Crippen LogP contribution in [0.4, 0.5) is 16.2 Å². The summed E-state index contributed by atoms with van der Waals surface area (Å²) >= 11 is 3.39. The van der Waals surface area contributed by atoms with Crippen molar-refractivity contribution in [3.63, 3.8) is 0 Å². The number of benzene rings is 1. The molecule has 3 heterocycles. The average Bonchev–Trinajstić information content (AvgIpc) is 3.12. The number of halogens is 2. The molecule has 0 unspecified atom stereocenters. The zero-order valence-electron chi connectivity index (χ0n) is 15.4. The smallest absolute Gasteiger partial charge is 0.266 e. The van der Waals surface area contributed by atoms with E-state index in [1.54, 1.807) is 0 Å². The zero-order valence-corrected chi connectivity index (χ0v) is 16.9. The number of hydrogen-bond acceptors (Lipinski definition) is 7. The van der Waals surface area contributed by atoms with Gasteiger partial charge in [0.15, 0.2) is 0 Å². The standard InChI is InChI=1S/C18H20BrFN6O/c1-10(2)17-23-18(24-27-17)25-4-5-26(11(3)8-25)16-13-6-12(20)7-14(19)15(13)21-9-22-16/h6-7,9-11H,4-5,8H2,1-3H3/t11-/m1/s1. The molecule has 0 spiro atoms. The average molecular weight is 435 g/mol. The maximum atomic E-state index is 14.0. The first-order valence-corrected chi connectivity index (χ1v) is 9.68. The fourth-order valence-corrected chi connectivity index (χ4v) is 3.89. The molecule has 0 bridgehead atoms. The number of rotatable bonds is 3. The fourth-order valence-electron chi connectivity index (χ4n) is 3.35. The molecule has 4 rings (SSSR count). The largest absolute Gasteiger partial charge is 0.350 e. The Morgan fingerprint density at radius 2 is 2.07 bits per heavy atom. The van der Waals surface area contributed by atoms with Crippen molar-refractivity contribution in [2.45, 2.75) is 32.7 Å². The van der Waals surface area contributed by atoms with Crippen LogP contribution in [0.5, 0.6) is 0 Å². The van der Waals surface area contributed by atoms with Gasteiger partial charge in [0.05, 0.1) is 5.52 Å². The number of anilines is 2. The second kappa shape index (κ2) is 7.03. The summed E-state index contributed by atoms with van der Waals surface area (Å²) in [4.78, 5) is 17.5. The first-order valence-electron chi connectivity index (χ1n) is 8.89. The van der Waals surface area contributed by atoms with Gasteiger partial charge in [0.1, 0.15) is 18.0 Å². The molecule has 9 heteroatoms. The highest BCUT2D eigenvalue weighted by atomic mass is 79.9. The van der Waals surface area contributed by atoms with Gasteiger partial charge in [0, 0.05) is 41.5 Å². The molecular weight excluding hydrogens is 415 g/mol. The molecule has 0 saturated carbocycles. The van der Waals surface area contributed by atoms with Gasteiger partial charge in [-0.1, -0.05) is 13.8 Å². The van der Waals surface area contributed by atoms with E-state index in [9.17, 15) is 4.39 Å². The summed E-state index contributed by atoms with van der Waals surface area (Å²) in [6.45, 7) is 8.32. The van der Waals surface area contributed by atoms with Crippen molar-refractivity contribution in [3.05, 3.63) is 34.6 Å². The van der Waals surface area contributed by atoms with Crippen molar-refractivity contribution in [2.75, 3.05) is 29.4 Å². The van der Waals surface area contributed by atoms with E-state index in [1.165, 1.54) is 18.5 Å². The maximum absolute atomic E-state index is 14.0. The molecule has 0 N–H and O–H groups in total. The van der Waals surface area contributed by atoms with Crippen molar-refractivity contribution in [1.82, 2.24) is 20.1 Å². The van der Waals surface area contributed by atoms with Crippen molar-refractivity contribution in [2.24, 2.45) is 0 Å². The Kier molecular flexibility index (Phi) is 4.71. The minimum Gasteiger partial charge on any atom is -0.350 e. The van der Waals surface area contributed by atoms with Crippen LogP contribution in [-0.4, -0.2) is 45.8 Å². The Morgan fingerprint density at radius 1 is 1.26 bits per heavy atom. The van der Waals surface area contributed by atoms with Crippen molar-refractivity contribution in [3.8, 4) is 0 Å². The monoisotopic (exact) mass is 434 g/mol. The van der Waals surface area contributed by atoms with E-state index in [1.807, 2.05) is 13.8 Å². The van der Waals surface area contributed by atoms with Crippen LogP contribution in [0.15, 0.2) is 27.5 Å². The summed E-state index contributed by atoms with van der Waals surface area (Å²) in [7, 11) is 0. The minimum absolute atomic E-state index is 0.139. The van der Waals surface area contributed by atoms with Gasteiger partial charge in [-0.25, -0.2) is 14.4 Å². The van der Waals surface area contributed by atoms with Crippen LogP contribution in [0.2, 0.25) is 0 Å². The van der Waals surface area contributed by atoms with Crippen LogP contribution in [0.25, 0.3) is 10.9 Å². The minimum atomic E-state index is -0.315. The lowest BCUT2D eigenvalue weighted by molar-refractivity contribution is 0.363. The highest BCUT2D eigenvalue weighted by molar-refractivity contribution is 9.10. The summed E-state index contributed by atoms with van der Waals surface area (Å²) in [5, 5.41) is 4.81. The molecule has 7 nitrogen and oxygen atoms in total. The van der Waals surface area contributed by atoms with Crippen LogP contribution in [0.1, 0.15) is 32.6 Å². The first-order chi connectivity index (χ1) is 12.9. The predicted octanol–water partition coefficient (Wildman–Crippen LogP) is 3.75. The summed E-state index contributed by atoms with van der Waals surface area (Å²) < 4.78 is 19.9. The SMILES string of the molecule is CC(C)c1nc(N2CCN(c3ncnc4c(Br)cc(F)cc34)[C@H](C)C2)no1. The molecule has 2 aromatic heterocycles. The predicted molar refractivity (Wildman–Crippen MR) is 105 cm³/mol. The second-order valence-electron chi connectivity index (χ2n) is 7.06. The molecule has 0 radical (unpaired) electrons. The number of nitrogens with zero attached hydrogens (tertiary/aromatic N) is 6. The lowest BCUT2D eigenvalue weighted by Gasteiger charge is -2.40. The Balaban J connectivity index is 1.61. The molecule has 142 valence electrons. The molecule has 1 saturated heterocycles. The van der Waals surface area contributed by atoms with Gasteiger partial charge in [-0.2, -0.15) is 4.98 Å². The summed E-state index contributed by atoms with van der Waals surface area (Å²) in [5.41, 5.74) is 0.704. The quantitative estimate of drug-likeness (QED) is 0.621. The first kappa shape index (κ1) is 18.1. The molecular formula is C18H20BrFN6O. The van der Waals surface area contributed by atoms with E-state index in [2.05, 4.69) is 52.8 Å². The summed E-state index contributed by atoms with van der Waals surface area (Å²) in [6.07, 6.45) is 1.52. The van der Waals surface area contributed by atoms with E-state index in [0.29, 0.717) is 33.8 Å². The molecule has 1 aliphatic rings. The molecule has 3 aromatic rings. The van der Waals surface area contributed by atoms with Crippen molar-refractivity contribution in [1.29, 1.82) is 0 Å². The third-order valence-electron chi connectivity index (χ3n) is 4.74. The van der Waals surface area contributed by atoms with Crippen LogP contribution >= 0.6 is 15.9 Å². The Labute approximate surface area is 164 Å². The van der Waals surface area contributed by atoms with E-state index in [-0.39, 0.29) is 17.8 Å². The Morgan fingerprint density at radius 3 is 2.78 bits per heavy atom. The van der Waals surface area contributed by atoms with E-state index < -0.39 is 0 Å². The topological polar surface area (TPSA) is 71.2 Å². The molecule has 1 fully saturated rings. The molecule has 0 aliphatic carbocycles. The van der Waals surface area contributed by atoms with E-state index >= 15 is 0 Å². The lowest BCUT2D eigenvalue weighted by atomic mass is 10.1. The number of hydrogen-bond donors (Lipinski definition) is 0. The van der Waals surface area contributed by atoms with Crippen LogP contribution in [0, 0.1) is 5.82 Å². The third kappa shape index (κ3) is 3.36. The lowest BCUT2D eigenvalue weighted by Crippen LogP contribution is -2.52. The van der Waals surface area contributed by atoms with Gasteiger partial charge in [-0.3, -0.25) is 0 Å². The number of aromatic nitrogens is 4. The molecule has 0 amide bonds. The molecule has 1 atom stereocenters. The maximum Gasteiger partial charge on any atom is 0.266 e. The van der Waals surface area contributed by atoms with Gasteiger partial charge in [0.2, 0.25) is 5.89 Å². The summed E-state index contributed by atoms with van der Waals surface area (Å²) in [6, 6.07) is 3.05. The highest BCUT2D eigenvalue weighted by Crippen LogP contribution is 2.31. The molecule has 1 aromatic carbocycles. The highest BCUT2D eigenvalue weighted by Gasteiger charge is 2.29. The van der Waals surface area contributed by atoms with Crippen LogP contribution in [0.3, 0.4) is 0 Å². The Hall–Kier alpha value is -2.29. The van der Waals surface area contributed by atoms with E-state index in [4.69, 9.17) is 4.52 Å². The van der Waals surface area contributed by atoms with Gasteiger partial charge < -0.3 is 14.3 Å². The van der Waals surface area contributed by atoms with Crippen molar-refractivity contribution < 1.29 is 8.91 Å². The second-order valence-corrected chi connectivity index (χ2v) is 7.91. The van der Waals surface area contributed by atoms with Gasteiger partial charge in [-0.05, 0) is 40.1 Å². The van der Waals surface area contributed by atoms with Crippen LogP contribution in [-0.2, 0) is 0 Å². The normalized spacial score (nSPS) is 17.9. The number of fused-ring (bicyclic) bond motifs is 1. The molecule has 1 aliphatic heterocycles. The zero-order chi connectivity index (χ0) is 19.1. The third-order valence-corrected chi connectivity index (χ3v) is 5.35. The summed E-state index contributed by atoms with van der Waals surface area (Å²) in [5.74, 6) is 1.88. The number of piperazine rings is 1. The van der Waals surface area contributed by atoms with Gasteiger partial charge in [-0.15, -0.1) is 0 Å². The van der Waals surface area contributed by atoms with Crippen molar-refractivity contribution >= 4 is 38.6 Å². The van der Waals surface area contributed by atoms with Crippen LogP contribution < -0.4 is 9.80 Å². The van der Waals surface area contributed by atoms with Gasteiger partial charge >= 0.3 is 0 Å². The Bertz CT molecular complexity index is 978.